The lowest BCUT2D eigenvalue weighted by atomic mass is 10.0. The number of carboxylic acid groups (broad SMARTS) is 1. The Morgan fingerprint density at radius 3 is 1.91 bits per heavy atom. The molecule has 0 aromatic heterocycles. The van der Waals surface area contributed by atoms with Crippen LogP contribution in [0.15, 0.2) is 12.7 Å². The maximum Gasteiger partial charge on any atom is 0.335 e. The highest BCUT2D eigenvalue weighted by atomic mass is 16.6. The SMILES string of the molecule is C=CC(=O)OC(CCCCCCCCCCC)(C(=O)[O-])[NH+](C)C. The van der Waals surface area contributed by atoms with Gasteiger partial charge in [-0.2, -0.15) is 0 Å². The van der Waals surface area contributed by atoms with Gasteiger partial charge in [0, 0.05) is 12.5 Å². The van der Waals surface area contributed by atoms with Gasteiger partial charge in [-0.05, 0) is 6.42 Å². The molecule has 0 radical (unpaired) electrons. The summed E-state index contributed by atoms with van der Waals surface area (Å²) in [5, 5.41) is 11.5. The van der Waals surface area contributed by atoms with Crippen LogP contribution in [0.2, 0.25) is 0 Å². The predicted octanol–water partition coefficient (Wildman–Crippen LogP) is 1.23. The van der Waals surface area contributed by atoms with E-state index in [4.69, 9.17) is 4.74 Å². The highest BCUT2D eigenvalue weighted by Gasteiger charge is 2.42. The molecule has 0 heterocycles. The van der Waals surface area contributed by atoms with Gasteiger partial charge in [0.2, 0.25) is 0 Å². The number of hydrogen-bond donors (Lipinski definition) is 1. The number of ether oxygens (including phenoxy) is 1. The summed E-state index contributed by atoms with van der Waals surface area (Å²) in [6, 6.07) is 0. The van der Waals surface area contributed by atoms with Crippen molar-refractivity contribution in [2.75, 3.05) is 14.1 Å². The average molecular weight is 327 g/mol. The van der Waals surface area contributed by atoms with E-state index in [-0.39, 0.29) is 6.42 Å². The van der Waals surface area contributed by atoms with Crippen molar-refractivity contribution in [3.8, 4) is 0 Å². The van der Waals surface area contributed by atoms with E-state index in [9.17, 15) is 14.7 Å². The van der Waals surface area contributed by atoms with Crippen LogP contribution < -0.4 is 10.0 Å². The van der Waals surface area contributed by atoms with E-state index in [1.807, 2.05) is 0 Å². The number of esters is 1. The third-order valence-corrected chi connectivity index (χ3v) is 4.21. The normalized spacial score (nSPS) is 13.6. The summed E-state index contributed by atoms with van der Waals surface area (Å²) < 4.78 is 5.13. The van der Waals surface area contributed by atoms with Crippen molar-refractivity contribution < 1.29 is 24.3 Å². The summed E-state index contributed by atoms with van der Waals surface area (Å²) in [5.74, 6) is -2.08. The molecule has 0 aliphatic heterocycles. The minimum Gasteiger partial charge on any atom is -0.541 e. The average Bonchev–Trinajstić information content (AvgIpc) is 2.51. The first-order valence-electron chi connectivity index (χ1n) is 8.78. The van der Waals surface area contributed by atoms with E-state index in [0.29, 0.717) is 11.3 Å². The van der Waals surface area contributed by atoms with Gasteiger partial charge in [-0.1, -0.05) is 64.9 Å². The maximum absolute atomic E-state index is 11.5. The summed E-state index contributed by atoms with van der Waals surface area (Å²) in [5.41, 5.74) is -1.63. The number of hydrogen-bond acceptors (Lipinski definition) is 4. The Kier molecular flexibility index (Phi) is 11.4. The molecule has 0 aromatic rings. The van der Waals surface area contributed by atoms with Gasteiger partial charge in [0.15, 0.2) is 0 Å². The van der Waals surface area contributed by atoms with Crippen molar-refractivity contribution in [3.05, 3.63) is 12.7 Å². The smallest absolute Gasteiger partial charge is 0.335 e. The largest absolute Gasteiger partial charge is 0.541 e. The number of unbranched alkanes of at least 4 members (excludes halogenated alkanes) is 8. The highest BCUT2D eigenvalue weighted by Crippen LogP contribution is 2.16. The lowest BCUT2D eigenvalue weighted by molar-refractivity contribution is -0.932. The number of carbonyl (C=O) groups excluding carboxylic acids is 2. The van der Waals surface area contributed by atoms with E-state index in [1.54, 1.807) is 14.1 Å². The summed E-state index contributed by atoms with van der Waals surface area (Å²) in [6.45, 7) is 5.52. The monoisotopic (exact) mass is 327 g/mol. The number of likely N-dealkylation sites (N-methyl/N-ethyl adjacent to an activating group) is 1. The molecule has 0 spiro atoms. The lowest BCUT2D eigenvalue weighted by Crippen LogP contribution is -3.17. The van der Waals surface area contributed by atoms with E-state index >= 15 is 0 Å². The molecule has 5 nitrogen and oxygen atoms in total. The molecule has 0 aromatic carbocycles. The summed E-state index contributed by atoms with van der Waals surface area (Å²) in [7, 11) is 3.31. The van der Waals surface area contributed by atoms with Gasteiger partial charge in [-0.15, -0.1) is 0 Å². The topological polar surface area (TPSA) is 70.9 Å². The van der Waals surface area contributed by atoms with Gasteiger partial charge >= 0.3 is 5.97 Å². The number of carbonyl (C=O) groups is 2. The van der Waals surface area contributed by atoms with Gasteiger partial charge in [-0.3, -0.25) is 4.90 Å². The zero-order valence-corrected chi connectivity index (χ0v) is 15.0. The van der Waals surface area contributed by atoms with Crippen LogP contribution in [0.4, 0.5) is 0 Å². The van der Waals surface area contributed by atoms with E-state index in [2.05, 4.69) is 13.5 Å². The molecule has 0 saturated carbocycles. The molecule has 0 amide bonds. The molecule has 23 heavy (non-hydrogen) atoms. The molecule has 5 heteroatoms. The molecule has 0 saturated heterocycles. The Bertz CT molecular complexity index is 368. The third kappa shape index (κ3) is 8.16. The van der Waals surface area contributed by atoms with Crippen LogP contribution in [0.5, 0.6) is 0 Å². The third-order valence-electron chi connectivity index (χ3n) is 4.21. The number of quaternary nitrogens is 1. The number of carboxylic acids is 1. The van der Waals surface area contributed by atoms with Crippen LogP contribution in [-0.2, 0) is 14.3 Å². The molecule has 0 aliphatic rings. The summed E-state index contributed by atoms with van der Waals surface area (Å²) in [4.78, 5) is 23.5. The Labute approximate surface area is 140 Å². The standard InChI is InChI=1S/C18H33NO4/c1-5-7-8-9-10-11-12-13-14-15-18(17(21)22,19(3)4)23-16(20)6-2/h6H,2,5,7-15H2,1,3-4H3,(H,21,22). The van der Waals surface area contributed by atoms with Crippen molar-refractivity contribution in [1.82, 2.24) is 0 Å². The number of nitrogens with one attached hydrogen (secondary N) is 1. The van der Waals surface area contributed by atoms with Crippen molar-refractivity contribution in [1.29, 1.82) is 0 Å². The van der Waals surface area contributed by atoms with Crippen molar-refractivity contribution in [2.24, 2.45) is 0 Å². The number of rotatable bonds is 14. The van der Waals surface area contributed by atoms with Crippen LogP contribution in [0, 0.1) is 0 Å². The van der Waals surface area contributed by atoms with Crippen molar-refractivity contribution in [3.63, 3.8) is 0 Å². The lowest BCUT2D eigenvalue weighted by Gasteiger charge is -2.35. The fraction of sp³-hybridized carbons (Fsp3) is 0.778. The quantitative estimate of drug-likeness (QED) is 0.225. The zero-order chi connectivity index (χ0) is 17.7. The Morgan fingerprint density at radius 1 is 1.04 bits per heavy atom. The Morgan fingerprint density at radius 2 is 1.52 bits per heavy atom. The highest BCUT2D eigenvalue weighted by molar-refractivity contribution is 5.85. The second-order valence-electron chi connectivity index (χ2n) is 6.32. The van der Waals surface area contributed by atoms with Gasteiger partial charge in [-0.25, -0.2) is 4.79 Å². The zero-order valence-electron chi connectivity index (χ0n) is 15.0. The second-order valence-corrected chi connectivity index (χ2v) is 6.32. The molecule has 134 valence electrons. The summed E-state index contributed by atoms with van der Waals surface area (Å²) >= 11 is 0. The molecule has 0 rings (SSSR count). The minimum absolute atomic E-state index is 0.257. The summed E-state index contributed by atoms with van der Waals surface area (Å²) in [6.07, 6.45) is 11.5. The van der Waals surface area contributed by atoms with Crippen LogP contribution in [0.3, 0.4) is 0 Å². The molecule has 0 bridgehead atoms. The van der Waals surface area contributed by atoms with Crippen molar-refractivity contribution in [2.45, 2.75) is 76.9 Å². The molecular formula is C18H33NO4. The predicted molar refractivity (Wildman–Crippen MR) is 88.7 cm³/mol. The van der Waals surface area contributed by atoms with Crippen molar-refractivity contribution >= 4 is 11.9 Å². The maximum atomic E-state index is 11.5. The Balaban J connectivity index is 4.23. The molecular weight excluding hydrogens is 294 g/mol. The minimum atomic E-state index is -1.63. The van der Waals surface area contributed by atoms with Gasteiger partial charge in [0.25, 0.3) is 5.72 Å². The second kappa shape index (κ2) is 12.1. The molecule has 1 unspecified atom stereocenters. The fourth-order valence-electron chi connectivity index (χ4n) is 2.65. The van der Waals surface area contributed by atoms with E-state index < -0.39 is 17.7 Å². The van der Waals surface area contributed by atoms with Crippen LogP contribution in [0.1, 0.15) is 71.1 Å². The first-order chi connectivity index (χ1) is 10.9. The molecule has 0 fully saturated rings. The first kappa shape index (κ1) is 21.6. The van der Waals surface area contributed by atoms with Crippen LogP contribution in [0.25, 0.3) is 0 Å². The van der Waals surface area contributed by atoms with Gasteiger partial charge in [0.05, 0.1) is 14.1 Å². The van der Waals surface area contributed by atoms with E-state index in [1.165, 1.54) is 38.5 Å². The van der Waals surface area contributed by atoms with Crippen LogP contribution >= 0.6 is 0 Å². The fourth-order valence-corrected chi connectivity index (χ4v) is 2.65. The van der Waals surface area contributed by atoms with E-state index in [0.717, 1.165) is 18.9 Å². The van der Waals surface area contributed by atoms with Crippen LogP contribution in [-0.4, -0.2) is 31.8 Å². The van der Waals surface area contributed by atoms with Gasteiger partial charge in [0.1, 0.15) is 5.97 Å². The Hall–Kier alpha value is -1.36. The first-order valence-corrected chi connectivity index (χ1v) is 8.78. The number of aliphatic carboxylic acids is 1. The molecule has 1 atom stereocenters. The molecule has 0 aliphatic carbocycles. The molecule has 1 N–H and O–H groups in total. The van der Waals surface area contributed by atoms with Gasteiger partial charge < -0.3 is 14.6 Å².